The number of rotatable bonds is 37. The average Bonchev–Trinajstić information content (AvgIpc) is 0.709. The number of alkyl halides is 30. The Morgan fingerprint density at radius 3 is 0.990 bits per heavy atom. The highest BCUT2D eigenvalue weighted by atomic mass is 19.4. The smallest absolute Gasteiger partial charge is 0.460 e. The molecule has 0 spiro atoms. The summed E-state index contributed by atoms with van der Waals surface area (Å²) in [5.74, 6) is -97.5. The van der Waals surface area contributed by atoms with Crippen molar-refractivity contribution in [3.05, 3.63) is 138 Å². The van der Waals surface area contributed by atoms with Gasteiger partial charge in [-0.2, -0.15) is 132 Å². The summed E-state index contributed by atoms with van der Waals surface area (Å²) in [5, 5.41) is 0. The Hall–Kier alpha value is -7.99. The van der Waals surface area contributed by atoms with Gasteiger partial charge in [-0.25, -0.2) is 14.4 Å². The molecule has 0 unspecified atom stereocenters. The van der Waals surface area contributed by atoms with Gasteiger partial charge < -0.3 is 23.7 Å². The zero-order valence-corrected chi connectivity index (χ0v) is 51.0. The molecule has 38 heteroatoms. The van der Waals surface area contributed by atoms with Gasteiger partial charge in [-0.3, -0.25) is 0 Å². The second-order valence-corrected chi connectivity index (χ2v) is 22.3. The molecule has 0 aliphatic carbocycles. The van der Waals surface area contributed by atoms with Crippen molar-refractivity contribution in [3.8, 4) is 39.9 Å². The van der Waals surface area contributed by atoms with E-state index >= 15 is 0 Å². The van der Waals surface area contributed by atoms with Crippen LogP contribution in [0.3, 0.4) is 0 Å². The maximum Gasteiger partial charge on any atom is 0.460 e. The van der Waals surface area contributed by atoms with Gasteiger partial charge in [0.2, 0.25) is 0 Å². The maximum atomic E-state index is 14.2. The average molecular weight is 1510 g/mol. The van der Waals surface area contributed by atoms with Gasteiger partial charge in [0.15, 0.2) is 11.5 Å². The second-order valence-electron chi connectivity index (χ2n) is 22.3. The normalized spacial score (nSPS) is 13.8. The van der Waals surface area contributed by atoms with E-state index in [1.807, 2.05) is 0 Å². The summed E-state index contributed by atoms with van der Waals surface area (Å²) < 4.78 is 433. The fourth-order valence-corrected chi connectivity index (χ4v) is 9.11. The summed E-state index contributed by atoms with van der Waals surface area (Å²) in [6, 6.07) is 28.1. The third-order valence-electron chi connectivity index (χ3n) is 15.0. The topological polar surface area (TPSA) is 97.4 Å². The third-order valence-corrected chi connectivity index (χ3v) is 15.0. The lowest BCUT2D eigenvalue weighted by atomic mass is 9.89. The van der Waals surface area contributed by atoms with Crippen LogP contribution in [0, 0.1) is 0 Å². The van der Waals surface area contributed by atoms with Crippen LogP contribution in [0.2, 0.25) is 0 Å². The molecule has 0 radical (unpaired) electrons. The quantitative estimate of drug-likeness (QED) is 0.0168. The number of benzene rings is 5. The number of carbonyl (C=O) groups is 3. The van der Waals surface area contributed by atoms with Crippen molar-refractivity contribution in [1.82, 2.24) is 0 Å². The molecule has 8 nitrogen and oxygen atoms in total. The third kappa shape index (κ3) is 17.6. The fourth-order valence-electron chi connectivity index (χ4n) is 9.11. The van der Waals surface area contributed by atoms with Gasteiger partial charge in [0.1, 0.15) is 17.2 Å². The van der Waals surface area contributed by atoms with Crippen molar-refractivity contribution < 1.29 is 170 Å². The molecule has 0 bridgehead atoms. The summed E-state index contributed by atoms with van der Waals surface area (Å²) in [6.45, 7) is -0.134. The minimum atomic E-state index is -8.36. The van der Waals surface area contributed by atoms with Crippen LogP contribution in [0.4, 0.5) is 132 Å². The molecule has 5 aromatic carbocycles. The Bertz CT molecular complexity index is 3560. The lowest BCUT2D eigenvalue weighted by molar-refractivity contribution is -0.452. The highest BCUT2D eigenvalue weighted by Crippen LogP contribution is 2.65. The lowest BCUT2D eigenvalue weighted by Crippen LogP contribution is -2.72. The predicted molar refractivity (Wildman–Crippen MR) is 293 cm³/mol. The van der Waals surface area contributed by atoms with Crippen molar-refractivity contribution in [2.75, 3.05) is 13.2 Å². The van der Waals surface area contributed by atoms with E-state index in [0.29, 0.717) is 11.1 Å². The highest BCUT2D eigenvalue weighted by Gasteiger charge is 2.94. The van der Waals surface area contributed by atoms with Gasteiger partial charge in [0.05, 0.1) is 29.9 Å². The van der Waals surface area contributed by atoms with Crippen LogP contribution >= 0.6 is 0 Å². The molecule has 0 saturated carbocycles. The van der Waals surface area contributed by atoms with Crippen LogP contribution in [0.1, 0.15) is 121 Å². The Labute approximate surface area is 551 Å². The molecule has 0 aliphatic rings. The summed E-state index contributed by atoms with van der Waals surface area (Å²) in [5.41, 5.74) is 0.793. The van der Waals surface area contributed by atoms with Crippen molar-refractivity contribution in [2.24, 2.45) is 0 Å². The van der Waals surface area contributed by atoms with Gasteiger partial charge in [-0.05, 0) is 104 Å². The van der Waals surface area contributed by atoms with Gasteiger partial charge in [0, 0.05) is 18.9 Å². The summed E-state index contributed by atoms with van der Waals surface area (Å²) in [4.78, 5) is 40.7. The number of ether oxygens (including phenoxy) is 5. The van der Waals surface area contributed by atoms with E-state index in [2.05, 4.69) is 0 Å². The molecule has 0 fully saturated rings. The Morgan fingerprint density at radius 1 is 0.277 bits per heavy atom. The molecule has 0 amide bonds. The van der Waals surface area contributed by atoms with Crippen molar-refractivity contribution in [2.45, 2.75) is 173 Å². The SMILES string of the molecule is O=C(Oc1ccc(OC(=O)c2ccc(OCCCCCCCCC(F)(F)C(F)(F)C(F)(F)C(F)(F)C(F)(F)C(F)(F)C(F)(F)F)cc2)c(OC(=O)c2ccccc2-c2ccccc2)c1)c1ccc(OCCCCCCCCC(F)(F)C(F)(F)C(F)(F)C(F)(F)C(F)(F)C(F)(F)C(F)(F)F)cc1. The van der Waals surface area contributed by atoms with Crippen LogP contribution in [0.15, 0.2) is 121 Å². The zero-order chi connectivity index (χ0) is 76.5. The number of hydrogen-bond donors (Lipinski definition) is 0. The standard InChI is InChI=1S/C63H52F30O8/c64-50(65,52(68,69)54(72,73)56(76,77)58(80,81)60(84,85)62(88,89)90)32-14-5-1-3-7-16-34-97-40-26-22-38(23-27-40)47(94)99-42-30-31-45(46(36-42)101-49(96)44-21-13-12-20-43(44)37-18-10-9-11-19-37)100-48(95)39-24-28-41(29-25-39)98-35-17-8-4-2-6-15-33-51(66,67)53(70,71)55(74,75)57(78,79)59(82,83)61(86,87)63(91,92)93/h9-13,18-31,36H,1-8,14-17,32-35H2. The molecule has 0 N–H and O–H groups in total. The van der Waals surface area contributed by atoms with E-state index in [1.54, 1.807) is 42.5 Å². The minimum Gasteiger partial charge on any atom is -0.494 e. The van der Waals surface area contributed by atoms with Crippen LogP contribution in [0.5, 0.6) is 28.7 Å². The Balaban J connectivity index is 1.12. The molecule has 101 heavy (non-hydrogen) atoms. The monoisotopic (exact) mass is 1510 g/mol. The summed E-state index contributed by atoms with van der Waals surface area (Å²) >= 11 is 0. The zero-order valence-electron chi connectivity index (χ0n) is 51.0. The van der Waals surface area contributed by atoms with Crippen molar-refractivity contribution >= 4 is 17.9 Å². The first-order valence-corrected chi connectivity index (χ1v) is 29.3. The van der Waals surface area contributed by atoms with Gasteiger partial charge >= 0.3 is 101 Å². The van der Waals surface area contributed by atoms with E-state index in [1.165, 1.54) is 60.7 Å². The van der Waals surface area contributed by atoms with E-state index in [4.69, 9.17) is 23.7 Å². The molecule has 0 heterocycles. The molecule has 0 atom stereocenters. The number of unbranched alkanes of at least 4 members (excludes halogenated alkanes) is 10. The molecule has 5 aromatic rings. The first kappa shape index (κ1) is 83.7. The number of esters is 3. The molecule has 562 valence electrons. The van der Waals surface area contributed by atoms with Crippen molar-refractivity contribution in [3.63, 3.8) is 0 Å². The van der Waals surface area contributed by atoms with E-state index in [0.717, 1.165) is 18.2 Å². The fraction of sp³-hybridized carbons (Fsp3) is 0.476. The first-order valence-electron chi connectivity index (χ1n) is 29.3. The number of halogens is 30. The van der Waals surface area contributed by atoms with E-state index < -0.39 is 151 Å². The second kappa shape index (κ2) is 31.3. The van der Waals surface area contributed by atoms with E-state index in [-0.39, 0.29) is 98.5 Å². The first-order chi connectivity index (χ1) is 46.2. The lowest BCUT2D eigenvalue weighted by Gasteiger charge is -2.41. The minimum absolute atomic E-state index is 0.0229. The molecular weight excluding hydrogens is 1450 g/mol. The van der Waals surface area contributed by atoms with Crippen LogP contribution < -0.4 is 23.7 Å². The molecule has 0 aromatic heterocycles. The predicted octanol–water partition coefficient (Wildman–Crippen LogP) is 22.0. The highest BCUT2D eigenvalue weighted by molar-refractivity contribution is 5.99. The van der Waals surface area contributed by atoms with Crippen LogP contribution in [-0.4, -0.2) is 115 Å². The number of carbonyl (C=O) groups excluding carboxylic acids is 3. The van der Waals surface area contributed by atoms with Crippen LogP contribution in [0.25, 0.3) is 11.1 Å². The maximum absolute atomic E-state index is 14.2. The Morgan fingerprint density at radius 2 is 0.594 bits per heavy atom. The van der Waals surface area contributed by atoms with Crippen molar-refractivity contribution in [1.29, 1.82) is 0 Å². The van der Waals surface area contributed by atoms with Gasteiger partial charge in [-0.1, -0.05) is 99.9 Å². The largest absolute Gasteiger partial charge is 0.494 e. The molecule has 0 saturated heterocycles. The molecule has 5 rings (SSSR count). The Kier molecular flexibility index (Phi) is 25.9. The summed E-state index contributed by atoms with van der Waals surface area (Å²) in [7, 11) is 0. The van der Waals surface area contributed by atoms with Crippen LogP contribution in [-0.2, 0) is 0 Å². The molecule has 0 aliphatic heterocycles. The molecular formula is C63H52F30O8. The van der Waals surface area contributed by atoms with E-state index in [9.17, 15) is 146 Å². The number of hydrogen-bond acceptors (Lipinski definition) is 8. The summed E-state index contributed by atoms with van der Waals surface area (Å²) in [6.07, 6.45) is -22.8. The van der Waals surface area contributed by atoms with Gasteiger partial charge in [0.25, 0.3) is 0 Å². The van der Waals surface area contributed by atoms with Gasteiger partial charge in [-0.15, -0.1) is 0 Å².